The third-order valence-electron chi connectivity index (χ3n) is 2.90. The van der Waals surface area contributed by atoms with Gasteiger partial charge in [-0.3, -0.25) is 0 Å². The Morgan fingerprint density at radius 3 is 2.84 bits per heavy atom. The number of furan rings is 1. The highest BCUT2D eigenvalue weighted by molar-refractivity contribution is 9.10. The molecule has 0 aliphatic rings. The lowest BCUT2D eigenvalue weighted by Gasteiger charge is -2.04. The Balaban J connectivity index is 1.78. The van der Waals surface area contributed by atoms with Gasteiger partial charge in [-0.2, -0.15) is 0 Å². The molecule has 0 radical (unpaired) electrons. The minimum absolute atomic E-state index is 0.440. The van der Waals surface area contributed by atoms with Gasteiger partial charge in [0, 0.05) is 9.86 Å². The molecule has 3 heteroatoms. The summed E-state index contributed by atoms with van der Waals surface area (Å²) in [7, 11) is 0. The molecule has 0 N–H and O–H groups in total. The summed E-state index contributed by atoms with van der Waals surface area (Å²) in [6.07, 6.45) is 0. The summed E-state index contributed by atoms with van der Waals surface area (Å²) >= 11 is 3.43. The number of benzene rings is 2. The van der Waals surface area contributed by atoms with Gasteiger partial charge in [-0.05, 0) is 48.9 Å². The van der Waals surface area contributed by atoms with E-state index in [1.807, 2.05) is 55.5 Å². The molecule has 3 rings (SSSR count). The van der Waals surface area contributed by atoms with Crippen LogP contribution in [0.15, 0.2) is 57.4 Å². The molecular formula is C16H13BrO2. The van der Waals surface area contributed by atoms with Crippen molar-refractivity contribution in [2.75, 3.05) is 0 Å². The SMILES string of the molecule is Cc1cccc(OCc2cc3ccc(Br)cc3o2)c1. The lowest BCUT2D eigenvalue weighted by molar-refractivity contribution is 0.274. The average molecular weight is 317 g/mol. The van der Waals surface area contributed by atoms with E-state index in [4.69, 9.17) is 9.15 Å². The fourth-order valence-corrected chi connectivity index (χ4v) is 2.33. The number of hydrogen-bond acceptors (Lipinski definition) is 2. The maximum absolute atomic E-state index is 5.75. The Kier molecular flexibility index (Phi) is 3.30. The van der Waals surface area contributed by atoms with Gasteiger partial charge in [0.1, 0.15) is 23.7 Å². The van der Waals surface area contributed by atoms with Crippen molar-refractivity contribution in [1.82, 2.24) is 0 Å². The molecule has 2 nitrogen and oxygen atoms in total. The van der Waals surface area contributed by atoms with Crippen LogP contribution in [0.3, 0.4) is 0 Å². The van der Waals surface area contributed by atoms with E-state index in [0.29, 0.717) is 6.61 Å². The number of aryl methyl sites for hydroxylation is 1. The van der Waals surface area contributed by atoms with Crippen LogP contribution in [-0.4, -0.2) is 0 Å². The van der Waals surface area contributed by atoms with Crippen molar-refractivity contribution in [3.05, 3.63) is 64.3 Å². The first-order valence-corrected chi connectivity index (χ1v) is 6.87. The van der Waals surface area contributed by atoms with Gasteiger partial charge >= 0.3 is 0 Å². The van der Waals surface area contributed by atoms with E-state index in [1.54, 1.807) is 0 Å². The minimum Gasteiger partial charge on any atom is -0.486 e. The molecule has 96 valence electrons. The van der Waals surface area contributed by atoms with Crippen molar-refractivity contribution in [2.24, 2.45) is 0 Å². The Labute approximate surface area is 120 Å². The van der Waals surface area contributed by atoms with Crippen molar-refractivity contribution in [3.63, 3.8) is 0 Å². The van der Waals surface area contributed by atoms with E-state index in [2.05, 4.69) is 15.9 Å². The van der Waals surface area contributed by atoms with Crippen LogP contribution in [0.2, 0.25) is 0 Å². The van der Waals surface area contributed by atoms with Crippen molar-refractivity contribution < 1.29 is 9.15 Å². The summed E-state index contributed by atoms with van der Waals surface area (Å²) in [5.74, 6) is 1.69. The quantitative estimate of drug-likeness (QED) is 0.672. The van der Waals surface area contributed by atoms with E-state index in [9.17, 15) is 0 Å². The third kappa shape index (κ3) is 2.82. The number of ether oxygens (including phenoxy) is 1. The smallest absolute Gasteiger partial charge is 0.146 e. The molecule has 0 amide bonds. The summed E-state index contributed by atoms with van der Waals surface area (Å²) in [4.78, 5) is 0. The number of rotatable bonds is 3. The molecule has 0 unspecified atom stereocenters. The van der Waals surface area contributed by atoms with Crippen LogP contribution >= 0.6 is 15.9 Å². The standard InChI is InChI=1S/C16H13BrO2/c1-11-3-2-4-14(7-11)18-10-15-8-12-5-6-13(17)9-16(12)19-15/h2-9H,10H2,1H3. The van der Waals surface area contributed by atoms with E-state index < -0.39 is 0 Å². The van der Waals surface area contributed by atoms with Crippen molar-refractivity contribution in [2.45, 2.75) is 13.5 Å². The highest BCUT2D eigenvalue weighted by atomic mass is 79.9. The molecule has 3 aromatic rings. The first-order chi connectivity index (χ1) is 9.20. The predicted molar refractivity (Wildman–Crippen MR) is 79.4 cm³/mol. The fourth-order valence-electron chi connectivity index (χ4n) is 1.99. The van der Waals surface area contributed by atoms with Gasteiger partial charge in [0.15, 0.2) is 0 Å². The molecular weight excluding hydrogens is 304 g/mol. The molecule has 0 aliphatic carbocycles. The highest BCUT2D eigenvalue weighted by Crippen LogP contribution is 2.24. The molecule has 2 aromatic carbocycles. The molecule has 19 heavy (non-hydrogen) atoms. The van der Waals surface area contributed by atoms with Crippen LogP contribution in [0.25, 0.3) is 11.0 Å². The molecule has 0 spiro atoms. The molecule has 0 bridgehead atoms. The summed E-state index contributed by atoms with van der Waals surface area (Å²) < 4.78 is 12.5. The maximum Gasteiger partial charge on any atom is 0.146 e. The average Bonchev–Trinajstić information content (AvgIpc) is 2.78. The summed E-state index contributed by atoms with van der Waals surface area (Å²) in [5, 5.41) is 1.09. The highest BCUT2D eigenvalue weighted by Gasteiger charge is 2.05. The van der Waals surface area contributed by atoms with Crippen LogP contribution in [0, 0.1) is 6.92 Å². The maximum atomic E-state index is 5.75. The predicted octanol–water partition coefficient (Wildman–Crippen LogP) is 5.08. The lowest BCUT2D eigenvalue weighted by atomic mass is 10.2. The zero-order valence-corrected chi connectivity index (χ0v) is 12.1. The van der Waals surface area contributed by atoms with E-state index in [1.165, 1.54) is 5.56 Å². The van der Waals surface area contributed by atoms with Gasteiger partial charge < -0.3 is 9.15 Å². The van der Waals surface area contributed by atoms with Crippen LogP contribution in [0.4, 0.5) is 0 Å². The molecule has 0 saturated carbocycles. The Morgan fingerprint density at radius 2 is 2.00 bits per heavy atom. The molecule has 1 aromatic heterocycles. The first kappa shape index (κ1) is 12.3. The van der Waals surface area contributed by atoms with Crippen molar-refractivity contribution >= 4 is 26.9 Å². The minimum atomic E-state index is 0.440. The van der Waals surface area contributed by atoms with Gasteiger partial charge in [0.05, 0.1) is 0 Å². The Morgan fingerprint density at radius 1 is 1.11 bits per heavy atom. The summed E-state index contributed by atoms with van der Waals surface area (Å²) in [5.41, 5.74) is 2.06. The second-order valence-electron chi connectivity index (χ2n) is 4.50. The Hall–Kier alpha value is -1.74. The van der Waals surface area contributed by atoms with Crippen LogP contribution in [-0.2, 0) is 6.61 Å². The van der Waals surface area contributed by atoms with Crippen LogP contribution in [0.5, 0.6) is 5.75 Å². The third-order valence-corrected chi connectivity index (χ3v) is 3.40. The summed E-state index contributed by atoms with van der Waals surface area (Å²) in [6.45, 7) is 2.49. The zero-order valence-electron chi connectivity index (χ0n) is 10.5. The monoisotopic (exact) mass is 316 g/mol. The second kappa shape index (κ2) is 5.10. The molecule has 0 fully saturated rings. The number of halogens is 1. The number of hydrogen-bond donors (Lipinski definition) is 0. The fraction of sp³-hybridized carbons (Fsp3) is 0.125. The van der Waals surface area contributed by atoms with E-state index in [0.717, 1.165) is 27.0 Å². The summed E-state index contributed by atoms with van der Waals surface area (Å²) in [6, 6.07) is 16.0. The Bertz CT molecular complexity index is 716. The van der Waals surface area contributed by atoms with Crippen molar-refractivity contribution in [3.8, 4) is 5.75 Å². The lowest BCUT2D eigenvalue weighted by Crippen LogP contribution is -1.93. The van der Waals surface area contributed by atoms with Gasteiger partial charge in [-0.1, -0.05) is 28.1 Å². The number of fused-ring (bicyclic) bond motifs is 1. The second-order valence-corrected chi connectivity index (χ2v) is 5.42. The topological polar surface area (TPSA) is 22.4 Å². The normalized spacial score (nSPS) is 10.8. The van der Waals surface area contributed by atoms with Gasteiger partial charge in [0.2, 0.25) is 0 Å². The van der Waals surface area contributed by atoms with Crippen LogP contribution in [0.1, 0.15) is 11.3 Å². The van der Waals surface area contributed by atoms with E-state index >= 15 is 0 Å². The zero-order chi connectivity index (χ0) is 13.2. The first-order valence-electron chi connectivity index (χ1n) is 6.08. The molecule has 0 atom stereocenters. The van der Waals surface area contributed by atoms with Gasteiger partial charge in [0.25, 0.3) is 0 Å². The van der Waals surface area contributed by atoms with Gasteiger partial charge in [-0.25, -0.2) is 0 Å². The largest absolute Gasteiger partial charge is 0.486 e. The van der Waals surface area contributed by atoms with Gasteiger partial charge in [-0.15, -0.1) is 0 Å². The molecule has 0 aliphatic heterocycles. The van der Waals surface area contributed by atoms with E-state index in [-0.39, 0.29) is 0 Å². The van der Waals surface area contributed by atoms with Crippen LogP contribution < -0.4 is 4.74 Å². The molecule has 1 heterocycles. The molecule has 0 saturated heterocycles. The van der Waals surface area contributed by atoms with Crippen molar-refractivity contribution in [1.29, 1.82) is 0 Å².